The van der Waals surface area contributed by atoms with Crippen molar-refractivity contribution in [1.29, 1.82) is 0 Å². The molecule has 0 saturated heterocycles. The van der Waals surface area contributed by atoms with Crippen molar-refractivity contribution < 1.29 is 44.1 Å². The minimum absolute atomic E-state index is 0.00338. The smallest absolute Gasteiger partial charge is 0.126 e. The van der Waals surface area contributed by atoms with Crippen LogP contribution in [0.25, 0.3) is 0 Å². The average Bonchev–Trinajstić information content (AvgIpc) is 3.17. The zero-order valence-electron chi connectivity index (χ0n) is 32.8. The third-order valence-corrected chi connectivity index (χ3v) is 10.2. The Morgan fingerprint density at radius 3 is 1.17 bits per heavy atom. The van der Waals surface area contributed by atoms with Crippen LogP contribution in [0.2, 0.25) is 0 Å². The third kappa shape index (κ3) is 11.2. The summed E-state index contributed by atoms with van der Waals surface area (Å²) in [7, 11) is 0. The van der Waals surface area contributed by atoms with E-state index >= 15 is 0 Å². The van der Waals surface area contributed by atoms with Crippen molar-refractivity contribution in [2.45, 2.75) is 144 Å². The molecule has 9 heteroatoms. The first-order valence-corrected chi connectivity index (χ1v) is 19.8. The molecule has 0 aromatic heterocycles. The molecule has 3 aromatic rings. The van der Waals surface area contributed by atoms with E-state index in [1.54, 1.807) is 0 Å². The Morgan fingerprint density at radius 2 is 0.830 bits per heavy atom. The van der Waals surface area contributed by atoms with E-state index < -0.39 is 5.41 Å². The second-order valence-electron chi connectivity index (χ2n) is 14.5. The quantitative estimate of drug-likeness (QED) is 0.0557. The van der Waals surface area contributed by atoms with Gasteiger partial charge in [-0.25, -0.2) is 0 Å². The molecule has 4 N–H and O–H groups in total. The Labute approximate surface area is 317 Å². The number of benzene rings is 3. The Hall–Kier alpha value is -3.18. The molecule has 1 aliphatic rings. The summed E-state index contributed by atoms with van der Waals surface area (Å²) in [5.41, 5.74) is 5.08. The van der Waals surface area contributed by atoms with Crippen LogP contribution in [-0.2, 0) is 68.7 Å². The van der Waals surface area contributed by atoms with Crippen molar-refractivity contribution in [3.63, 3.8) is 0 Å². The molecule has 0 aliphatic heterocycles. The molecule has 0 bridgehead atoms. The monoisotopic (exact) mass is 736 g/mol. The summed E-state index contributed by atoms with van der Waals surface area (Å²) in [6, 6.07) is 11.7. The Morgan fingerprint density at radius 1 is 0.509 bits per heavy atom. The lowest BCUT2D eigenvalue weighted by atomic mass is 9.69. The molecule has 1 saturated carbocycles. The van der Waals surface area contributed by atoms with Gasteiger partial charge in [-0.15, -0.1) is 0 Å². The molecule has 0 radical (unpaired) electrons. The fourth-order valence-electron chi connectivity index (χ4n) is 7.06. The maximum Gasteiger partial charge on any atom is 0.126 e. The van der Waals surface area contributed by atoms with Crippen LogP contribution in [0.1, 0.15) is 142 Å². The topological polar surface area (TPSA) is 127 Å². The highest BCUT2D eigenvalue weighted by molar-refractivity contribution is 5.59. The highest BCUT2D eigenvalue weighted by Gasteiger charge is 2.36. The number of phenols is 3. The van der Waals surface area contributed by atoms with Gasteiger partial charge in [0.2, 0.25) is 0 Å². The van der Waals surface area contributed by atoms with Gasteiger partial charge in [0.15, 0.2) is 0 Å². The standard InChI is InChI=1S/C44H64O9/c1-6-15-49-26-32-20-37(19-31(25-45)41(32)46)44(5,38-21-33(27-50-16-7-2)42(47)34(22-38)28-51-17-8-3)39-23-35(29-52-18-9-4)43(48)36(24-39)30-53-40-13-11-10-12-14-40/h19-24,40,45-48H,6-18,25-30H2,1-5H3. The summed E-state index contributed by atoms with van der Waals surface area (Å²) in [6.07, 6.45) is 8.99. The molecule has 1 aliphatic carbocycles. The summed E-state index contributed by atoms with van der Waals surface area (Å²) in [5, 5.41) is 45.0. The molecule has 294 valence electrons. The first-order chi connectivity index (χ1) is 25.7. The normalized spacial score (nSPS) is 14.8. The van der Waals surface area contributed by atoms with Crippen molar-refractivity contribution in [3.05, 3.63) is 86.5 Å². The molecule has 9 nitrogen and oxygen atoms in total. The fraction of sp³-hybridized carbons (Fsp3) is 0.591. The van der Waals surface area contributed by atoms with E-state index in [0.29, 0.717) is 59.8 Å². The van der Waals surface area contributed by atoms with Gasteiger partial charge in [0, 0.05) is 65.2 Å². The van der Waals surface area contributed by atoms with Gasteiger partial charge in [0.25, 0.3) is 0 Å². The predicted octanol–water partition coefficient (Wildman–Crippen LogP) is 9.21. The Kier molecular flexibility index (Phi) is 17.4. The van der Waals surface area contributed by atoms with Gasteiger partial charge in [0.05, 0.1) is 45.7 Å². The lowest BCUT2D eigenvalue weighted by Gasteiger charge is -2.35. The molecular formula is C44H64O9. The van der Waals surface area contributed by atoms with E-state index in [-0.39, 0.29) is 63.0 Å². The summed E-state index contributed by atoms with van der Waals surface area (Å²) >= 11 is 0. The summed E-state index contributed by atoms with van der Waals surface area (Å²) < 4.78 is 30.4. The molecule has 53 heavy (non-hydrogen) atoms. The Balaban J connectivity index is 2.01. The van der Waals surface area contributed by atoms with Crippen LogP contribution in [0.4, 0.5) is 0 Å². The number of ether oxygens (including phenoxy) is 5. The average molecular weight is 737 g/mol. The van der Waals surface area contributed by atoms with Crippen molar-refractivity contribution in [2.24, 2.45) is 0 Å². The van der Waals surface area contributed by atoms with Gasteiger partial charge < -0.3 is 44.1 Å². The molecule has 0 spiro atoms. The maximum absolute atomic E-state index is 11.7. The van der Waals surface area contributed by atoms with Gasteiger partial charge in [0.1, 0.15) is 17.2 Å². The molecule has 4 rings (SSSR count). The van der Waals surface area contributed by atoms with E-state index in [0.717, 1.165) is 68.1 Å². The first-order valence-electron chi connectivity index (χ1n) is 19.8. The Bertz CT molecular complexity index is 1530. The van der Waals surface area contributed by atoms with Gasteiger partial charge >= 0.3 is 0 Å². The van der Waals surface area contributed by atoms with E-state index in [9.17, 15) is 20.4 Å². The summed E-state index contributed by atoms with van der Waals surface area (Å²) in [5.74, 6) is 0.301. The molecule has 0 heterocycles. The van der Waals surface area contributed by atoms with Gasteiger partial charge in [-0.05, 0) is 98.5 Å². The SMILES string of the molecule is CCCOCc1cc(C(C)(c2cc(COCCC)c(O)c(COCCC)c2)c2cc(COCCC)c(O)c(COC3CCCCC3)c2)cc(CO)c1O. The highest BCUT2D eigenvalue weighted by Crippen LogP contribution is 2.46. The zero-order chi connectivity index (χ0) is 38.2. The zero-order valence-corrected chi connectivity index (χ0v) is 32.8. The van der Waals surface area contributed by atoms with E-state index in [4.69, 9.17) is 23.7 Å². The summed E-state index contributed by atoms with van der Waals surface area (Å²) in [4.78, 5) is 0. The minimum atomic E-state index is -0.948. The van der Waals surface area contributed by atoms with Gasteiger partial charge in [-0.2, -0.15) is 0 Å². The van der Waals surface area contributed by atoms with Crippen molar-refractivity contribution in [1.82, 2.24) is 0 Å². The molecule has 3 aromatic carbocycles. The molecule has 1 fully saturated rings. The fourth-order valence-corrected chi connectivity index (χ4v) is 7.06. The van der Waals surface area contributed by atoms with Crippen LogP contribution in [0.3, 0.4) is 0 Å². The molecule has 1 atom stereocenters. The number of aliphatic hydroxyl groups excluding tert-OH is 1. The first kappa shape index (κ1) is 42.6. The number of aliphatic hydroxyl groups is 1. The van der Waals surface area contributed by atoms with E-state index in [1.807, 2.05) is 57.2 Å². The van der Waals surface area contributed by atoms with E-state index in [1.165, 1.54) is 6.42 Å². The largest absolute Gasteiger partial charge is 0.507 e. The second-order valence-corrected chi connectivity index (χ2v) is 14.5. The number of phenolic OH excluding ortho intramolecular Hbond substituents is 2. The number of hydrogen-bond acceptors (Lipinski definition) is 9. The molecule has 1 unspecified atom stereocenters. The van der Waals surface area contributed by atoms with E-state index in [2.05, 4.69) is 13.8 Å². The molecule has 0 amide bonds. The summed E-state index contributed by atoms with van der Waals surface area (Å²) in [6.45, 7) is 13.1. The van der Waals surface area contributed by atoms with Gasteiger partial charge in [-0.1, -0.05) is 47.0 Å². The van der Waals surface area contributed by atoms with Crippen molar-refractivity contribution in [2.75, 3.05) is 26.4 Å². The second kappa shape index (κ2) is 21.6. The lowest BCUT2D eigenvalue weighted by molar-refractivity contribution is 0.0158. The van der Waals surface area contributed by atoms with Crippen LogP contribution >= 0.6 is 0 Å². The van der Waals surface area contributed by atoms with Crippen molar-refractivity contribution >= 4 is 0 Å². The number of rotatable bonds is 23. The number of hydrogen-bond donors (Lipinski definition) is 4. The van der Waals surface area contributed by atoms with Crippen LogP contribution in [-0.4, -0.2) is 53.0 Å². The predicted molar refractivity (Wildman–Crippen MR) is 207 cm³/mol. The lowest BCUT2D eigenvalue weighted by Crippen LogP contribution is -2.27. The van der Waals surface area contributed by atoms with Crippen LogP contribution in [0.5, 0.6) is 17.2 Å². The maximum atomic E-state index is 11.7. The minimum Gasteiger partial charge on any atom is -0.507 e. The van der Waals surface area contributed by atoms with Crippen LogP contribution < -0.4 is 0 Å². The van der Waals surface area contributed by atoms with Crippen LogP contribution in [0, 0.1) is 0 Å². The van der Waals surface area contributed by atoms with Crippen LogP contribution in [0.15, 0.2) is 36.4 Å². The highest BCUT2D eigenvalue weighted by atomic mass is 16.5. The number of aromatic hydroxyl groups is 3. The molecular weight excluding hydrogens is 672 g/mol. The third-order valence-electron chi connectivity index (χ3n) is 10.2. The van der Waals surface area contributed by atoms with Crippen molar-refractivity contribution in [3.8, 4) is 17.2 Å². The van der Waals surface area contributed by atoms with Gasteiger partial charge in [-0.3, -0.25) is 0 Å².